The first kappa shape index (κ1) is 22.4. The van der Waals surface area contributed by atoms with Crippen LogP contribution in [0.5, 0.6) is 0 Å². The van der Waals surface area contributed by atoms with E-state index in [0.717, 1.165) is 11.1 Å². The smallest absolute Gasteiger partial charge is 0.331 e. The van der Waals surface area contributed by atoms with Crippen LogP contribution in [-0.4, -0.2) is 50.2 Å². The standard InChI is InChI=1S/C26H28O6/c1-18-5-9-20(10-6-18)4-3-15-30-32-23-17-29-25-22(16-28-26(23)25)31-24(27)14-13-21-11-7-19(2)8-12-21/h3-14,22-23,25-26H,15-17H2,1-2H3/b4-3+,14-13-/t22-,23+,25+,26+/m1/s1. The van der Waals surface area contributed by atoms with Gasteiger partial charge in [0.2, 0.25) is 0 Å². The van der Waals surface area contributed by atoms with Gasteiger partial charge in [-0.3, -0.25) is 0 Å². The van der Waals surface area contributed by atoms with Gasteiger partial charge >= 0.3 is 5.97 Å². The molecule has 0 unspecified atom stereocenters. The van der Waals surface area contributed by atoms with Crippen molar-refractivity contribution in [3.8, 4) is 0 Å². The van der Waals surface area contributed by atoms with E-state index < -0.39 is 12.1 Å². The SMILES string of the molecule is Cc1ccc(/C=C\C(=O)O[C@@H]2CO[C@@H]3[C@H]2OC[C@@H]3OOC/C=C/c2ccc(C)cc2)cc1. The zero-order valence-corrected chi connectivity index (χ0v) is 18.3. The molecule has 2 aromatic carbocycles. The van der Waals surface area contributed by atoms with E-state index in [1.807, 2.05) is 55.5 Å². The van der Waals surface area contributed by atoms with Crippen LogP contribution in [0.15, 0.2) is 60.7 Å². The van der Waals surface area contributed by atoms with Gasteiger partial charge in [0.25, 0.3) is 0 Å². The van der Waals surface area contributed by atoms with Crippen LogP contribution >= 0.6 is 0 Å². The zero-order valence-electron chi connectivity index (χ0n) is 18.3. The third-order valence-corrected chi connectivity index (χ3v) is 5.46. The second-order valence-corrected chi connectivity index (χ2v) is 8.05. The third-order valence-electron chi connectivity index (χ3n) is 5.46. The van der Waals surface area contributed by atoms with Gasteiger partial charge in [-0.1, -0.05) is 71.8 Å². The number of benzene rings is 2. The highest BCUT2D eigenvalue weighted by Gasteiger charge is 2.50. The minimum absolute atomic E-state index is 0.270. The summed E-state index contributed by atoms with van der Waals surface area (Å²) in [6.45, 7) is 4.98. The van der Waals surface area contributed by atoms with Crippen molar-refractivity contribution in [1.82, 2.24) is 0 Å². The lowest BCUT2D eigenvalue weighted by Crippen LogP contribution is -2.34. The number of hydrogen-bond acceptors (Lipinski definition) is 6. The number of hydrogen-bond donors (Lipinski definition) is 0. The van der Waals surface area contributed by atoms with Gasteiger partial charge in [-0.25, -0.2) is 14.6 Å². The molecule has 2 aromatic rings. The average molecular weight is 437 g/mol. The van der Waals surface area contributed by atoms with Crippen molar-refractivity contribution in [3.63, 3.8) is 0 Å². The van der Waals surface area contributed by atoms with Crippen molar-refractivity contribution in [2.24, 2.45) is 0 Å². The Kier molecular flexibility index (Phi) is 7.50. The summed E-state index contributed by atoms with van der Waals surface area (Å²) >= 11 is 0. The van der Waals surface area contributed by atoms with E-state index in [1.165, 1.54) is 17.2 Å². The topological polar surface area (TPSA) is 63.2 Å². The summed E-state index contributed by atoms with van der Waals surface area (Å²) in [7, 11) is 0. The van der Waals surface area contributed by atoms with Crippen LogP contribution in [0.25, 0.3) is 12.2 Å². The molecule has 6 nitrogen and oxygen atoms in total. The number of esters is 1. The molecule has 0 N–H and O–H groups in total. The van der Waals surface area contributed by atoms with Crippen molar-refractivity contribution in [3.05, 3.63) is 82.9 Å². The summed E-state index contributed by atoms with van der Waals surface area (Å²) in [5.41, 5.74) is 4.43. The molecule has 2 heterocycles. The molecule has 0 bridgehead atoms. The molecule has 0 radical (unpaired) electrons. The highest BCUT2D eigenvalue weighted by Crippen LogP contribution is 2.30. The minimum atomic E-state index is -0.467. The zero-order chi connectivity index (χ0) is 22.3. The first-order valence-corrected chi connectivity index (χ1v) is 10.8. The fraction of sp³-hybridized carbons (Fsp3) is 0.346. The van der Waals surface area contributed by atoms with Crippen LogP contribution in [0.1, 0.15) is 22.3 Å². The van der Waals surface area contributed by atoms with Crippen LogP contribution < -0.4 is 0 Å². The summed E-state index contributed by atoms with van der Waals surface area (Å²) in [5, 5.41) is 0. The molecule has 2 saturated heterocycles. The summed E-state index contributed by atoms with van der Waals surface area (Å²) in [4.78, 5) is 23.0. The van der Waals surface area contributed by atoms with Crippen LogP contribution in [0.3, 0.4) is 0 Å². The van der Waals surface area contributed by atoms with E-state index in [1.54, 1.807) is 6.08 Å². The lowest BCUT2D eigenvalue weighted by Gasteiger charge is -2.16. The maximum atomic E-state index is 12.2. The molecule has 4 atom stereocenters. The highest BCUT2D eigenvalue weighted by molar-refractivity contribution is 5.87. The Hall–Kier alpha value is -2.77. The first-order chi connectivity index (χ1) is 15.6. The number of carbonyl (C=O) groups excluding carboxylic acids is 1. The van der Waals surface area contributed by atoms with E-state index in [0.29, 0.717) is 13.2 Å². The molecule has 0 aliphatic carbocycles. The summed E-state index contributed by atoms with van der Waals surface area (Å²) in [6.07, 6.45) is 5.50. The molecule has 6 heteroatoms. The Bertz CT molecular complexity index is 947. The van der Waals surface area contributed by atoms with Gasteiger partial charge in [-0.2, -0.15) is 0 Å². The Morgan fingerprint density at radius 3 is 2.09 bits per heavy atom. The largest absolute Gasteiger partial charge is 0.454 e. The number of carbonyl (C=O) groups is 1. The van der Waals surface area contributed by atoms with Crippen molar-refractivity contribution in [2.45, 2.75) is 38.3 Å². The molecule has 32 heavy (non-hydrogen) atoms. The molecule has 4 rings (SSSR count). The fourth-order valence-electron chi connectivity index (χ4n) is 3.67. The molecule has 2 aliphatic rings. The minimum Gasteiger partial charge on any atom is -0.454 e. The monoisotopic (exact) mass is 436 g/mol. The highest BCUT2D eigenvalue weighted by atomic mass is 17.2. The molecule has 168 valence electrons. The maximum Gasteiger partial charge on any atom is 0.331 e. The summed E-state index contributed by atoms with van der Waals surface area (Å²) < 4.78 is 17.1. The number of rotatable bonds is 8. The molecule has 0 spiro atoms. The molecule has 0 saturated carbocycles. The van der Waals surface area contributed by atoms with Gasteiger partial charge < -0.3 is 14.2 Å². The second-order valence-electron chi connectivity index (χ2n) is 8.05. The van der Waals surface area contributed by atoms with E-state index in [-0.39, 0.29) is 24.9 Å². The Morgan fingerprint density at radius 2 is 1.44 bits per heavy atom. The van der Waals surface area contributed by atoms with Crippen molar-refractivity contribution in [2.75, 3.05) is 19.8 Å². The number of ether oxygens (including phenoxy) is 3. The molecule has 2 aliphatic heterocycles. The third kappa shape index (κ3) is 5.93. The van der Waals surface area contributed by atoms with Gasteiger partial charge in [0, 0.05) is 6.08 Å². The van der Waals surface area contributed by atoms with Gasteiger partial charge in [0.05, 0.1) is 13.2 Å². The average Bonchev–Trinajstić information content (AvgIpc) is 3.38. The van der Waals surface area contributed by atoms with Crippen molar-refractivity contribution < 1.29 is 28.8 Å². The van der Waals surface area contributed by atoms with E-state index in [2.05, 4.69) is 19.1 Å². The predicted molar refractivity (Wildman–Crippen MR) is 121 cm³/mol. The van der Waals surface area contributed by atoms with Gasteiger partial charge in [0.1, 0.15) is 24.9 Å². The van der Waals surface area contributed by atoms with Gasteiger partial charge in [-0.15, -0.1) is 0 Å². The maximum absolute atomic E-state index is 12.2. The van der Waals surface area contributed by atoms with Gasteiger partial charge in [0.15, 0.2) is 6.10 Å². The number of fused-ring (bicyclic) bond motifs is 1. The van der Waals surface area contributed by atoms with Crippen molar-refractivity contribution >= 4 is 18.1 Å². The fourth-order valence-corrected chi connectivity index (χ4v) is 3.67. The van der Waals surface area contributed by atoms with Gasteiger partial charge in [-0.05, 0) is 31.1 Å². The molecule has 0 amide bonds. The molecule has 2 fully saturated rings. The lowest BCUT2D eigenvalue weighted by atomic mass is 10.1. The molecular formula is C26H28O6. The molecule has 0 aromatic heterocycles. The van der Waals surface area contributed by atoms with Crippen LogP contribution in [0.2, 0.25) is 0 Å². The summed E-state index contributed by atoms with van der Waals surface area (Å²) in [5.74, 6) is -0.426. The lowest BCUT2D eigenvalue weighted by molar-refractivity contribution is -0.326. The second kappa shape index (κ2) is 10.7. The molecular weight excluding hydrogens is 408 g/mol. The van der Waals surface area contributed by atoms with E-state index >= 15 is 0 Å². The Balaban J connectivity index is 1.19. The Labute approximate surface area is 188 Å². The first-order valence-electron chi connectivity index (χ1n) is 10.8. The van der Waals surface area contributed by atoms with E-state index in [4.69, 9.17) is 24.0 Å². The van der Waals surface area contributed by atoms with E-state index in [9.17, 15) is 4.79 Å². The summed E-state index contributed by atoms with van der Waals surface area (Å²) in [6, 6.07) is 16.1. The van der Waals surface area contributed by atoms with Crippen molar-refractivity contribution in [1.29, 1.82) is 0 Å². The van der Waals surface area contributed by atoms with Crippen LogP contribution in [0.4, 0.5) is 0 Å². The van der Waals surface area contributed by atoms with Crippen LogP contribution in [-0.2, 0) is 28.8 Å². The number of aryl methyl sites for hydroxylation is 2. The predicted octanol–water partition coefficient (Wildman–Crippen LogP) is 4.06. The Morgan fingerprint density at radius 1 is 0.875 bits per heavy atom. The quantitative estimate of drug-likeness (QED) is 0.205. The van der Waals surface area contributed by atoms with Crippen LogP contribution in [0, 0.1) is 13.8 Å². The normalized spacial score (nSPS) is 24.9.